The van der Waals surface area contributed by atoms with Gasteiger partial charge < -0.3 is 0 Å². The molecule has 12 heavy (non-hydrogen) atoms. The molecule has 0 aliphatic carbocycles. The number of nitrogens with zero attached hydrogens (tertiary/aromatic N) is 2. The Morgan fingerprint density at radius 2 is 2.33 bits per heavy atom. The Labute approximate surface area is 82.5 Å². The summed E-state index contributed by atoms with van der Waals surface area (Å²) in [5.41, 5.74) is 0. The Balaban J connectivity index is 2.58. The van der Waals surface area contributed by atoms with Gasteiger partial charge in [0.25, 0.3) is 0 Å². The van der Waals surface area contributed by atoms with Crippen molar-refractivity contribution in [1.82, 2.24) is 10.2 Å². The van der Waals surface area contributed by atoms with Crippen LogP contribution in [0.3, 0.4) is 0 Å². The van der Waals surface area contributed by atoms with Gasteiger partial charge in [0.15, 0.2) is 0 Å². The van der Waals surface area contributed by atoms with Gasteiger partial charge in [-0.2, -0.15) is 0 Å². The van der Waals surface area contributed by atoms with Gasteiger partial charge in [0.2, 0.25) is 11.0 Å². The van der Waals surface area contributed by atoms with Crippen LogP contribution in [0.25, 0.3) is 0 Å². The highest BCUT2D eigenvalue weighted by molar-refractivity contribution is 9.10. The minimum Gasteiger partial charge on any atom is -0.300 e. The van der Waals surface area contributed by atoms with Gasteiger partial charge >= 0.3 is 0 Å². The third-order valence-corrected chi connectivity index (χ3v) is 2.29. The molecule has 1 amide bonds. The molecule has 1 N–H and O–H groups in total. The summed E-state index contributed by atoms with van der Waals surface area (Å²) in [5.74, 6) is -0.105. The minimum absolute atomic E-state index is 0.105. The van der Waals surface area contributed by atoms with E-state index in [1.165, 1.54) is 11.3 Å². The fraction of sp³-hybridized carbons (Fsp3) is 0.500. The van der Waals surface area contributed by atoms with E-state index in [1.54, 1.807) is 6.92 Å². The van der Waals surface area contributed by atoms with Crippen molar-refractivity contribution in [3.05, 3.63) is 5.01 Å². The molecule has 0 aliphatic rings. The summed E-state index contributed by atoms with van der Waals surface area (Å²) in [5, 5.41) is 11.5. The zero-order valence-corrected chi connectivity index (χ0v) is 9.07. The molecule has 0 spiro atoms. The predicted octanol–water partition coefficient (Wildman–Crippen LogP) is 1.57. The van der Waals surface area contributed by atoms with E-state index in [2.05, 4.69) is 31.4 Å². The number of carbonyl (C=O) groups excluding carboxylic acids is 1. The van der Waals surface area contributed by atoms with E-state index < -0.39 is 0 Å². The van der Waals surface area contributed by atoms with Crippen LogP contribution < -0.4 is 5.32 Å². The summed E-state index contributed by atoms with van der Waals surface area (Å²) in [6.45, 7) is 3.59. The van der Waals surface area contributed by atoms with Gasteiger partial charge in [0, 0.05) is 0 Å². The van der Waals surface area contributed by atoms with Crippen LogP contribution in [-0.2, 0) is 4.79 Å². The van der Waals surface area contributed by atoms with Crippen LogP contribution in [0.15, 0.2) is 0 Å². The second-order valence-electron chi connectivity index (χ2n) is 2.23. The van der Waals surface area contributed by atoms with Crippen LogP contribution in [0.5, 0.6) is 0 Å². The molecule has 0 fully saturated rings. The van der Waals surface area contributed by atoms with E-state index in [9.17, 15) is 4.79 Å². The topological polar surface area (TPSA) is 54.9 Å². The second kappa shape index (κ2) is 3.95. The maximum absolute atomic E-state index is 11.1. The molecule has 0 radical (unpaired) electrons. The summed E-state index contributed by atoms with van der Waals surface area (Å²) in [6, 6.07) is 0. The summed E-state index contributed by atoms with van der Waals surface area (Å²) in [6.07, 6.45) is 0. The molecule has 0 saturated heterocycles. The number of carbonyl (C=O) groups is 1. The van der Waals surface area contributed by atoms with Crippen molar-refractivity contribution in [3.63, 3.8) is 0 Å². The molecule has 1 rings (SSSR count). The van der Waals surface area contributed by atoms with Crippen LogP contribution in [0, 0.1) is 6.92 Å². The van der Waals surface area contributed by atoms with Crippen LogP contribution in [0.1, 0.15) is 11.9 Å². The third kappa shape index (κ3) is 2.53. The molecule has 66 valence electrons. The van der Waals surface area contributed by atoms with Crippen LogP contribution in [0.2, 0.25) is 0 Å². The lowest BCUT2D eigenvalue weighted by Crippen LogP contribution is -2.19. The van der Waals surface area contributed by atoms with Crippen molar-refractivity contribution >= 4 is 38.3 Å². The number of anilines is 1. The fourth-order valence-electron chi connectivity index (χ4n) is 0.552. The number of hydrogen-bond donors (Lipinski definition) is 1. The summed E-state index contributed by atoms with van der Waals surface area (Å²) in [4.78, 5) is 10.9. The molecular weight excluding hydrogens is 242 g/mol. The molecule has 1 atom stereocenters. The summed E-state index contributed by atoms with van der Waals surface area (Å²) in [7, 11) is 0. The van der Waals surface area contributed by atoms with Crippen molar-refractivity contribution in [2.45, 2.75) is 18.7 Å². The van der Waals surface area contributed by atoms with Gasteiger partial charge in [0.1, 0.15) is 5.01 Å². The van der Waals surface area contributed by atoms with Crippen LogP contribution >= 0.6 is 27.3 Å². The molecule has 0 bridgehead atoms. The predicted molar refractivity (Wildman–Crippen MR) is 51.7 cm³/mol. The van der Waals surface area contributed by atoms with Crippen molar-refractivity contribution < 1.29 is 4.79 Å². The number of aromatic nitrogens is 2. The van der Waals surface area contributed by atoms with Gasteiger partial charge in [-0.25, -0.2) is 0 Å². The normalized spacial score (nSPS) is 12.6. The number of hydrogen-bond acceptors (Lipinski definition) is 4. The Kier molecular flexibility index (Phi) is 3.16. The SMILES string of the molecule is Cc1nnc(NC(=O)[C@@H](C)Br)s1. The number of nitrogens with one attached hydrogen (secondary N) is 1. The summed E-state index contributed by atoms with van der Waals surface area (Å²) >= 11 is 4.51. The lowest BCUT2D eigenvalue weighted by atomic mass is 10.5. The average Bonchev–Trinajstić information content (AvgIpc) is 2.35. The van der Waals surface area contributed by atoms with Crippen molar-refractivity contribution in [1.29, 1.82) is 0 Å². The minimum atomic E-state index is -0.207. The van der Waals surface area contributed by atoms with E-state index in [0.29, 0.717) is 5.13 Å². The first-order valence-corrected chi connectivity index (χ1v) is 5.08. The van der Waals surface area contributed by atoms with E-state index in [4.69, 9.17) is 0 Å². The Morgan fingerprint density at radius 3 is 2.75 bits per heavy atom. The lowest BCUT2D eigenvalue weighted by molar-refractivity contribution is -0.115. The number of aryl methyl sites for hydroxylation is 1. The van der Waals surface area contributed by atoms with Crippen molar-refractivity contribution in [2.75, 3.05) is 5.32 Å². The van der Waals surface area contributed by atoms with E-state index in [-0.39, 0.29) is 10.7 Å². The highest BCUT2D eigenvalue weighted by Gasteiger charge is 2.10. The van der Waals surface area contributed by atoms with Crippen LogP contribution in [-0.4, -0.2) is 20.9 Å². The second-order valence-corrected chi connectivity index (χ2v) is 4.79. The van der Waals surface area contributed by atoms with Gasteiger partial charge in [-0.3, -0.25) is 10.1 Å². The molecule has 1 aromatic heterocycles. The quantitative estimate of drug-likeness (QED) is 0.810. The van der Waals surface area contributed by atoms with E-state index >= 15 is 0 Å². The first kappa shape index (κ1) is 9.60. The Bertz CT molecular complexity index is 286. The first-order valence-electron chi connectivity index (χ1n) is 3.34. The van der Waals surface area contributed by atoms with Crippen molar-refractivity contribution in [3.8, 4) is 0 Å². The molecule has 6 heteroatoms. The van der Waals surface area contributed by atoms with Gasteiger partial charge in [-0.15, -0.1) is 10.2 Å². The highest BCUT2D eigenvalue weighted by atomic mass is 79.9. The number of halogens is 1. The molecule has 1 aromatic rings. The number of amides is 1. The maximum atomic E-state index is 11.1. The van der Waals surface area contributed by atoms with Gasteiger partial charge in [-0.1, -0.05) is 27.3 Å². The zero-order valence-electron chi connectivity index (χ0n) is 6.67. The van der Waals surface area contributed by atoms with E-state index in [1.807, 2.05) is 6.92 Å². The molecule has 0 unspecified atom stereocenters. The Morgan fingerprint density at radius 1 is 1.67 bits per heavy atom. The lowest BCUT2D eigenvalue weighted by Gasteiger charge is -2.00. The van der Waals surface area contributed by atoms with Crippen LogP contribution in [0.4, 0.5) is 5.13 Å². The molecular formula is C6H8BrN3OS. The highest BCUT2D eigenvalue weighted by Crippen LogP contribution is 2.14. The first-order chi connectivity index (χ1) is 5.59. The number of alkyl halides is 1. The summed E-state index contributed by atoms with van der Waals surface area (Å²) < 4.78 is 0. The third-order valence-electron chi connectivity index (χ3n) is 1.12. The average molecular weight is 250 g/mol. The molecule has 0 aliphatic heterocycles. The van der Waals surface area contributed by atoms with Crippen molar-refractivity contribution in [2.24, 2.45) is 0 Å². The molecule has 1 heterocycles. The standard InChI is InChI=1S/C6H8BrN3OS/c1-3(7)5(11)8-6-10-9-4(2)12-6/h3H,1-2H3,(H,8,10,11)/t3-/m1/s1. The zero-order chi connectivity index (χ0) is 9.14. The monoisotopic (exact) mass is 249 g/mol. The smallest absolute Gasteiger partial charge is 0.239 e. The van der Waals surface area contributed by atoms with Gasteiger partial charge in [-0.05, 0) is 13.8 Å². The molecule has 0 saturated carbocycles. The van der Waals surface area contributed by atoms with Gasteiger partial charge in [0.05, 0.1) is 4.83 Å². The number of rotatable bonds is 2. The molecule has 4 nitrogen and oxygen atoms in total. The Hall–Kier alpha value is -0.490. The maximum Gasteiger partial charge on any atom is 0.239 e. The van der Waals surface area contributed by atoms with E-state index in [0.717, 1.165) is 5.01 Å². The fourth-order valence-corrected chi connectivity index (χ4v) is 1.26. The molecule has 0 aromatic carbocycles. The largest absolute Gasteiger partial charge is 0.300 e.